The predicted octanol–water partition coefficient (Wildman–Crippen LogP) is 3.17. The molecule has 0 saturated heterocycles. The first-order valence-corrected chi connectivity index (χ1v) is 8.29. The number of pyridine rings is 1. The summed E-state index contributed by atoms with van der Waals surface area (Å²) in [5, 5.41) is 6.57. The van der Waals surface area contributed by atoms with Crippen LogP contribution < -0.4 is 16.4 Å². The minimum absolute atomic E-state index is 0.501. The quantitative estimate of drug-likeness (QED) is 0.733. The maximum Gasteiger partial charge on any atom is 0.150 e. The lowest BCUT2D eigenvalue weighted by molar-refractivity contribution is 0.373. The van der Waals surface area contributed by atoms with Gasteiger partial charge in [0, 0.05) is 12.6 Å². The van der Waals surface area contributed by atoms with Gasteiger partial charge in [0.05, 0.1) is 30.0 Å². The topological polar surface area (TPSA) is 88.8 Å². The number of nitrogen functional groups attached to an aromatic ring is 1. The molecular weight excluding hydrogens is 300 g/mol. The SMILES string of the molecule is C#Cc1cnc(Nc2cc(NCC3CCCCC3)c(N)cn2)cn1. The van der Waals surface area contributed by atoms with Crippen molar-refractivity contribution >= 4 is 23.0 Å². The Kier molecular flexibility index (Phi) is 5.12. The Morgan fingerprint density at radius 1 is 1.08 bits per heavy atom. The molecule has 4 N–H and O–H groups in total. The lowest BCUT2D eigenvalue weighted by Gasteiger charge is -2.22. The number of terminal acetylenes is 1. The van der Waals surface area contributed by atoms with E-state index in [2.05, 4.69) is 31.5 Å². The maximum atomic E-state index is 6.03. The highest BCUT2D eigenvalue weighted by atomic mass is 15.1. The molecule has 3 rings (SSSR count). The van der Waals surface area contributed by atoms with E-state index in [0.29, 0.717) is 23.0 Å². The third kappa shape index (κ3) is 4.13. The molecule has 6 nitrogen and oxygen atoms in total. The van der Waals surface area contributed by atoms with Gasteiger partial charge in [-0.15, -0.1) is 6.42 Å². The molecule has 0 spiro atoms. The van der Waals surface area contributed by atoms with Crippen molar-refractivity contribution < 1.29 is 0 Å². The van der Waals surface area contributed by atoms with E-state index in [1.807, 2.05) is 6.07 Å². The first-order valence-electron chi connectivity index (χ1n) is 8.29. The van der Waals surface area contributed by atoms with Crippen LogP contribution in [0.15, 0.2) is 24.7 Å². The molecule has 1 saturated carbocycles. The minimum Gasteiger partial charge on any atom is -0.396 e. The van der Waals surface area contributed by atoms with Gasteiger partial charge in [-0.2, -0.15) is 0 Å². The molecule has 0 aromatic carbocycles. The summed E-state index contributed by atoms with van der Waals surface area (Å²) in [6, 6.07) is 1.90. The van der Waals surface area contributed by atoms with Crippen LogP contribution in [0.2, 0.25) is 0 Å². The van der Waals surface area contributed by atoms with Crippen molar-refractivity contribution in [2.24, 2.45) is 5.92 Å². The number of rotatable bonds is 5. The Labute approximate surface area is 142 Å². The maximum absolute atomic E-state index is 6.03. The molecule has 124 valence electrons. The van der Waals surface area contributed by atoms with Crippen LogP contribution in [0.3, 0.4) is 0 Å². The molecule has 0 amide bonds. The molecule has 0 bridgehead atoms. The molecule has 0 atom stereocenters. The number of nitrogens with one attached hydrogen (secondary N) is 2. The summed E-state index contributed by atoms with van der Waals surface area (Å²) in [5.74, 6) is 4.42. The average Bonchev–Trinajstić information content (AvgIpc) is 2.63. The van der Waals surface area contributed by atoms with Crippen LogP contribution >= 0.6 is 0 Å². The number of anilines is 4. The number of nitrogens with two attached hydrogens (primary N) is 1. The van der Waals surface area contributed by atoms with Gasteiger partial charge in [-0.1, -0.05) is 19.3 Å². The third-order valence-electron chi connectivity index (χ3n) is 4.30. The highest BCUT2D eigenvalue weighted by molar-refractivity contribution is 5.70. The van der Waals surface area contributed by atoms with Gasteiger partial charge in [0.15, 0.2) is 0 Å². The summed E-state index contributed by atoms with van der Waals surface area (Å²) in [7, 11) is 0. The minimum atomic E-state index is 0.501. The highest BCUT2D eigenvalue weighted by Gasteiger charge is 2.13. The lowest BCUT2D eigenvalue weighted by Crippen LogP contribution is -2.17. The van der Waals surface area contributed by atoms with E-state index >= 15 is 0 Å². The van der Waals surface area contributed by atoms with Gasteiger partial charge in [-0.3, -0.25) is 0 Å². The molecular formula is C18H22N6. The molecule has 2 aromatic heterocycles. The van der Waals surface area contributed by atoms with Crippen molar-refractivity contribution in [1.82, 2.24) is 15.0 Å². The van der Waals surface area contributed by atoms with Crippen molar-refractivity contribution in [1.29, 1.82) is 0 Å². The summed E-state index contributed by atoms with van der Waals surface area (Å²) < 4.78 is 0. The van der Waals surface area contributed by atoms with E-state index in [4.69, 9.17) is 12.2 Å². The summed E-state index contributed by atoms with van der Waals surface area (Å²) >= 11 is 0. The summed E-state index contributed by atoms with van der Waals surface area (Å²) in [6.07, 6.45) is 16.7. The third-order valence-corrected chi connectivity index (χ3v) is 4.30. The largest absolute Gasteiger partial charge is 0.396 e. The Morgan fingerprint density at radius 2 is 1.88 bits per heavy atom. The number of hydrogen-bond donors (Lipinski definition) is 3. The van der Waals surface area contributed by atoms with Crippen molar-refractivity contribution in [3.05, 3.63) is 30.4 Å². The van der Waals surface area contributed by atoms with E-state index in [-0.39, 0.29) is 0 Å². The molecule has 24 heavy (non-hydrogen) atoms. The van der Waals surface area contributed by atoms with E-state index in [0.717, 1.165) is 18.2 Å². The zero-order chi connectivity index (χ0) is 16.8. The smallest absolute Gasteiger partial charge is 0.150 e. The molecule has 2 aromatic rings. The predicted molar refractivity (Wildman–Crippen MR) is 97.0 cm³/mol. The highest BCUT2D eigenvalue weighted by Crippen LogP contribution is 2.26. The summed E-state index contributed by atoms with van der Waals surface area (Å²) in [4.78, 5) is 12.6. The normalized spacial score (nSPS) is 14.8. The van der Waals surface area contributed by atoms with E-state index in [9.17, 15) is 0 Å². The Balaban J connectivity index is 1.65. The van der Waals surface area contributed by atoms with Gasteiger partial charge >= 0.3 is 0 Å². The van der Waals surface area contributed by atoms with Crippen LogP contribution in [0.25, 0.3) is 0 Å². The van der Waals surface area contributed by atoms with Crippen molar-refractivity contribution in [2.45, 2.75) is 32.1 Å². The second-order valence-electron chi connectivity index (χ2n) is 6.10. The van der Waals surface area contributed by atoms with Crippen LogP contribution in [-0.4, -0.2) is 21.5 Å². The van der Waals surface area contributed by atoms with E-state index < -0.39 is 0 Å². The van der Waals surface area contributed by atoms with Crippen LogP contribution in [0.5, 0.6) is 0 Å². The summed E-state index contributed by atoms with van der Waals surface area (Å²) in [5.41, 5.74) is 8.07. The molecule has 2 heterocycles. The molecule has 0 unspecified atom stereocenters. The Hall–Kier alpha value is -2.81. The van der Waals surface area contributed by atoms with E-state index in [1.165, 1.54) is 32.1 Å². The molecule has 1 fully saturated rings. The average molecular weight is 322 g/mol. The van der Waals surface area contributed by atoms with Gasteiger partial charge in [0.1, 0.15) is 17.3 Å². The van der Waals surface area contributed by atoms with Crippen LogP contribution in [0.1, 0.15) is 37.8 Å². The number of nitrogens with zero attached hydrogens (tertiary/aromatic N) is 3. The molecule has 1 aliphatic rings. The van der Waals surface area contributed by atoms with Crippen LogP contribution in [-0.2, 0) is 0 Å². The first-order chi connectivity index (χ1) is 11.7. The van der Waals surface area contributed by atoms with Gasteiger partial charge < -0.3 is 16.4 Å². The fraction of sp³-hybridized carbons (Fsp3) is 0.389. The molecule has 0 radical (unpaired) electrons. The Morgan fingerprint density at radius 3 is 2.58 bits per heavy atom. The van der Waals surface area contributed by atoms with Crippen LogP contribution in [0, 0.1) is 18.3 Å². The first kappa shape index (κ1) is 16.1. The van der Waals surface area contributed by atoms with Gasteiger partial charge in [0.2, 0.25) is 0 Å². The zero-order valence-electron chi connectivity index (χ0n) is 13.6. The fourth-order valence-corrected chi connectivity index (χ4v) is 2.93. The van der Waals surface area contributed by atoms with Crippen molar-refractivity contribution in [3.8, 4) is 12.3 Å². The van der Waals surface area contributed by atoms with Crippen LogP contribution in [0.4, 0.5) is 23.0 Å². The monoisotopic (exact) mass is 322 g/mol. The fourth-order valence-electron chi connectivity index (χ4n) is 2.93. The number of aromatic nitrogens is 3. The van der Waals surface area contributed by atoms with Crippen molar-refractivity contribution in [2.75, 3.05) is 22.9 Å². The molecule has 0 aliphatic heterocycles. The second kappa shape index (κ2) is 7.64. The molecule has 6 heteroatoms. The summed E-state index contributed by atoms with van der Waals surface area (Å²) in [6.45, 7) is 0.949. The van der Waals surface area contributed by atoms with Gasteiger partial charge in [-0.05, 0) is 24.7 Å². The Bertz CT molecular complexity index is 713. The van der Waals surface area contributed by atoms with Gasteiger partial charge in [-0.25, -0.2) is 15.0 Å². The lowest BCUT2D eigenvalue weighted by atomic mass is 9.89. The van der Waals surface area contributed by atoms with Crippen molar-refractivity contribution in [3.63, 3.8) is 0 Å². The number of hydrogen-bond acceptors (Lipinski definition) is 6. The van der Waals surface area contributed by atoms with E-state index in [1.54, 1.807) is 18.6 Å². The standard InChI is InChI=1S/C18H22N6/c1-2-14-10-22-18(12-20-14)24-17-8-16(15(19)11-23-17)21-9-13-6-4-3-5-7-13/h1,8,10-13H,3-7,9,19H2,(H2,21,22,23,24). The zero-order valence-corrected chi connectivity index (χ0v) is 13.6. The van der Waals surface area contributed by atoms with Gasteiger partial charge in [0.25, 0.3) is 0 Å². The second-order valence-corrected chi connectivity index (χ2v) is 6.10. The molecule has 1 aliphatic carbocycles.